The van der Waals surface area contributed by atoms with Crippen molar-refractivity contribution in [3.63, 3.8) is 0 Å². The molecular formula is C10H20BN2O2. The summed E-state index contributed by atoms with van der Waals surface area (Å²) in [7, 11) is 1.55. The highest BCUT2D eigenvalue weighted by Crippen LogP contribution is 2.08. The van der Waals surface area contributed by atoms with Gasteiger partial charge in [-0.2, -0.15) is 0 Å². The van der Waals surface area contributed by atoms with Crippen LogP contribution in [0.25, 0.3) is 0 Å². The average molecular weight is 211 g/mol. The number of hydrogen-bond donors (Lipinski definition) is 2. The summed E-state index contributed by atoms with van der Waals surface area (Å²) in [5.74, 6) is 0. The van der Waals surface area contributed by atoms with Crippen LogP contribution in [-0.4, -0.2) is 46.1 Å². The fourth-order valence-electron chi connectivity index (χ4n) is 2.06. The molecule has 0 amide bonds. The minimum absolute atomic E-state index is 0.301. The molecule has 0 aromatic rings. The van der Waals surface area contributed by atoms with E-state index < -0.39 is 0 Å². The third-order valence-electron chi connectivity index (χ3n) is 3.00. The zero-order chi connectivity index (χ0) is 10.3. The van der Waals surface area contributed by atoms with Crippen LogP contribution in [0, 0.1) is 0 Å². The molecule has 2 atom stereocenters. The van der Waals surface area contributed by atoms with Crippen molar-refractivity contribution in [3.8, 4) is 0 Å². The van der Waals surface area contributed by atoms with Crippen LogP contribution in [0.4, 0.5) is 0 Å². The van der Waals surface area contributed by atoms with Crippen LogP contribution in [0.5, 0.6) is 0 Å². The minimum atomic E-state index is 0.301. The first-order valence-electron chi connectivity index (χ1n) is 5.99. The summed E-state index contributed by atoms with van der Waals surface area (Å²) >= 11 is 0. The molecule has 2 saturated heterocycles. The van der Waals surface area contributed by atoms with Gasteiger partial charge in [0.1, 0.15) is 0 Å². The highest BCUT2D eigenvalue weighted by molar-refractivity contribution is 6.18. The average Bonchev–Trinajstić information content (AvgIpc) is 2.32. The number of rotatable bonds is 4. The van der Waals surface area contributed by atoms with Gasteiger partial charge in [-0.15, -0.1) is 0 Å². The first-order valence-corrected chi connectivity index (χ1v) is 5.99. The van der Waals surface area contributed by atoms with Gasteiger partial charge in [0.25, 0.3) is 0 Å². The molecule has 0 saturated carbocycles. The van der Waals surface area contributed by atoms with Crippen molar-refractivity contribution in [1.82, 2.24) is 10.6 Å². The first-order chi connectivity index (χ1) is 7.45. The molecule has 2 aliphatic heterocycles. The van der Waals surface area contributed by atoms with E-state index in [1.54, 1.807) is 7.69 Å². The number of nitrogens with one attached hydrogen (secondary N) is 2. The molecule has 2 aliphatic rings. The van der Waals surface area contributed by atoms with Gasteiger partial charge in [0.05, 0.1) is 12.2 Å². The molecule has 1 radical (unpaired) electrons. The molecular weight excluding hydrogens is 191 g/mol. The minimum Gasteiger partial charge on any atom is -0.409 e. The van der Waals surface area contributed by atoms with Crippen LogP contribution < -0.4 is 10.6 Å². The summed E-state index contributed by atoms with van der Waals surface area (Å²) in [6.45, 7) is 4.13. The van der Waals surface area contributed by atoms with E-state index >= 15 is 0 Å². The lowest BCUT2D eigenvalue weighted by molar-refractivity contribution is 0.0932. The fourth-order valence-corrected chi connectivity index (χ4v) is 2.06. The zero-order valence-corrected chi connectivity index (χ0v) is 9.21. The molecule has 2 rings (SSSR count). The summed E-state index contributed by atoms with van der Waals surface area (Å²) in [6.07, 6.45) is 5.27. The summed E-state index contributed by atoms with van der Waals surface area (Å²) in [4.78, 5) is 0. The molecule has 2 N–H and O–H groups in total. The Morgan fingerprint density at radius 1 is 0.867 bits per heavy atom. The van der Waals surface area contributed by atoms with Gasteiger partial charge in [0.15, 0.2) is 0 Å². The van der Waals surface area contributed by atoms with Crippen LogP contribution in [-0.2, 0) is 9.31 Å². The summed E-state index contributed by atoms with van der Waals surface area (Å²) < 4.78 is 11.1. The molecule has 85 valence electrons. The predicted molar refractivity (Wildman–Crippen MR) is 59.7 cm³/mol. The first kappa shape index (κ1) is 11.4. The number of piperidine rings is 2. The van der Waals surface area contributed by atoms with Crippen molar-refractivity contribution in [2.24, 2.45) is 0 Å². The van der Waals surface area contributed by atoms with Crippen LogP contribution in [0.15, 0.2) is 0 Å². The van der Waals surface area contributed by atoms with Gasteiger partial charge in [-0.05, 0) is 38.8 Å². The maximum absolute atomic E-state index is 5.55. The summed E-state index contributed by atoms with van der Waals surface area (Å²) in [6, 6.07) is 0. The van der Waals surface area contributed by atoms with Crippen molar-refractivity contribution >= 4 is 7.69 Å². The Labute approximate surface area is 92.4 Å². The maximum Gasteiger partial charge on any atom is 0.488 e. The van der Waals surface area contributed by atoms with E-state index in [1.165, 1.54) is 12.8 Å². The van der Waals surface area contributed by atoms with Crippen molar-refractivity contribution in [3.05, 3.63) is 0 Å². The third kappa shape index (κ3) is 4.11. The molecule has 0 spiro atoms. The molecule has 2 unspecified atom stereocenters. The highest BCUT2D eigenvalue weighted by Gasteiger charge is 2.17. The molecule has 2 heterocycles. The topological polar surface area (TPSA) is 42.5 Å². The molecule has 4 nitrogen and oxygen atoms in total. The van der Waals surface area contributed by atoms with Crippen molar-refractivity contribution in [2.45, 2.75) is 37.9 Å². The lowest BCUT2D eigenvalue weighted by atomic mass is 10.1. The molecule has 2 fully saturated rings. The van der Waals surface area contributed by atoms with Gasteiger partial charge >= 0.3 is 7.69 Å². The molecule has 0 aromatic carbocycles. The van der Waals surface area contributed by atoms with Gasteiger partial charge in [0.2, 0.25) is 0 Å². The second kappa shape index (κ2) is 6.48. The SMILES string of the molecule is [B](OC1CCCNC1)OC1CCCNC1. The van der Waals surface area contributed by atoms with Crippen LogP contribution in [0.3, 0.4) is 0 Å². The lowest BCUT2D eigenvalue weighted by Gasteiger charge is -2.26. The Kier molecular flexibility index (Phi) is 4.92. The summed E-state index contributed by atoms with van der Waals surface area (Å²) in [5.41, 5.74) is 0. The van der Waals surface area contributed by atoms with E-state index in [0.717, 1.165) is 39.0 Å². The smallest absolute Gasteiger partial charge is 0.409 e. The molecule has 0 aromatic heterocycles. The molecule has 15 heavy (non-hydrogen) atoms. The van der Waals surface area contributed by atoms with Crippen molar-refractivity contribution in [2.75, 3.05) is 26.2 Å². The highest BCUT2D eigenvalue weighted by atomic mass is 16.6. The van der Waals surface area contributed by atoms with Gasteiger partial charge in [-0.3, -0.25) is 0 Å². The van der Waals surface area contributed by atoms with E-state index in [4.69, 9.17) is 9.31 Å². The predicted octanol–water partition coefficient (Wildman–Crippen LogP) is 0.0578. The van der Waals surface area contributed by atoms with Crippen molar-refractivity contribution in [1.29, 1.82) is 0 Å². The molecule has 0 bridgehead atoms. The largest absolute Gasteiger partial charge is 0.488 e. The van der Waals surface area contributed by atoms with Crippen LogP contribution in [0.1, 0.15) is 25.7 Å². The number of hydrogen-bond acceptors (Lipinski definition) is 4. The van der Waals surface area contributed by atoms with E-state index in [2.05, 4.69) is 10.6 Å². The Bertz CT molecular complexity index is 153. The normalized spacial score (nSPS) is 32.5. The molecule has 5 heteroatoms. The van der Waals surface area contributed by atoms with E-state index in [-0.39, 0.29) is 0 Å². The Hall–Kier alpha value is -0.0951. The standard InChI is InChI=1S/C10H20BN2O2/c1-3-9(7-12-5-1)14-11-15-10-4-2-6-13-8-10/h9-10,12-13H,1-8H2. The Morgan fingerprint density at radius 2 is 1.40 bits per heavy atom. The molecule has 0 aliphatic carbocycles. The Balaban J connectivity index is 1.53. The second-order valence-electron chi connectivity index (χ2n) is 4.31. The van der Waals surface area contributed by atoms with Crippen LogP contribution in [0.2, 0.25) is 0 Å². The summed E-state index contributed by atoms with van der Waals surface area (Å²) in [5, 5.41) is 6.62. The van der Waals surface area contributed by atoms with Crippen molar-refractivity contribution < 1.29 is 9.31 Å². The quantitative estimate of drug-likeness (QED) is 0.645. The van der Waals surface area contributed by atoms with E-state index in [0.29, 0.717) is 12.2 Å². The van der Waals surface area contributed by atoms with Gasteiger partial charge in [-0.25, -0.2) is 0 Å². The lowest BCUT2D eigenvalue weighted by Crippen LogP contribution is -2.39. The monoisotopic (exact) mass is 211 g/mol. The van der Waals surface area contributed by atoms with E-state index in [1.807, 2.05) is 0 Å². The third-order valence-corrected chi connectivity index (χ3v) is 3.00. The Morgan fingerprint density at radius 3 is 1.80 bits per heavy atom. The maximum atomic E-state index is 5.55. The van der Waals surface area contributed by atoms with Gasteiger partial charge in [-0.1, -0.05) is 0 Å². The van der Waals surface area contributed by atoms with Gasteiger partial charge < -0.3 is 19.9 Å². The van der Waals surface area contributed by atoms with E-state index in [9.17, 15) is 0 Å². The van der Waals surface area contributed by atoms with Gasteiger partial charge in [0, 0.05) is 13.1 Å². The van der Waals surface area contributed by atoms with Crippen LogP contribution >= 0.6 is 0 Å². The zero-order valence-electron chi connectivity index (χ0n) is 9.21. The fraction of sp³-hybridized carbons (Fsp3) is 1.00. The second-order valence-corrected chi connectivity index (χ2v) is 4.31.